The third kappa shape index (κ3) is 1.93. The lowest BCUT2D eigenvalue weighted by atomic mass is 10.4. The summed E-state index contributed by atoms with van der Waals surface area (Å²) < 4.78 is 2.58. The highest BCUT2D eigenvalue weighted by molar-refractivity contribution is 8.00. The summed E-state index contributed by atoms with van der Waals surface area (Å²) in [6.45, 7) is 0.976. The van der Waals surface area contributed by atoms with Gasteiger partial charge in [-0.05, 0) is 31.2 Å². The minimum atomic E-state index is 0.395. The highest BCUT2D eigenvalue weighted by Crippen LogP contribution is 2.48. The molecule has 1 aliphatic carbocycles. The number of fused-ring (bicyclic) bond motifs is 1. The second-order valence-corrected chi connectivity index (χ2v) is 6.02. The zero-order valence-electron chi connectivity index (χ0n) is 9.69. The Morgan fingerprint density at radius 2 is 2.35 bits per heavy atom. The fourth-order valence-corrected chi connectivity index (χ4v) is 3.10. The van der Waals surface area contributed by atoms with E-state index in [1.165, 1.54) is 12.8 Å². The van der Waals surface area contributed by atoms with Gasteiger partial charge in [-0.15, -0.1) is 11.6 Å². The van der Waals surface area contributed by atoms with Gasteiger partial charge in [0.2, 0.25) is 0 Å². The van der Waals surface area contributed by atoms with Gasteiger partial charge in [0.05, 0.1) is 5.88 Å². The molecule has 1 saturated carbocycles. The summed E-state index contributed by atoms with van der Waals surface area (Å²) in [5.74, 6) is 1.38. The molecule has 2 heterocycles. The molecule has 0 amide bonds. The van der Waals surface area contributed by atoms with Crippen LogP contribution in [0, 0.1) is 0 Å². The molecule has 0 saturated heterocycles. The third-order valence-electron chi connectivity index (χ3n) is 3.39. The Balaban J connectivity index is 2.06. The van der Waals surface area contributed by atoms with Crippen LogP contribution < -0.4 is 0 Å². The standard InChI is InChI=1S/C12H14ClN3S/c1-17-12(4-5-12)8-16-10(7-13)15-9-3-2-6-14-11(9)16/h2-3,6H,4-5,7-8H2,1H3. The molecule has 3 nitrogen and oxygen atoms in total. The number of rotatable bonds is 4. The number of hydrogen-bond donors (Lipinski definition) is 0. The van der Waals surface area contributed by atoms with E-state index in [2.05, 4.69) is 20.8 Å². The Kier molecular flexibility index (Phi) is 2.79. The van der Waals surface area contributed by atoms with Crippen molar-refractivity contribution in [3.63, 3.8) is 0 Å². The fourth-order valence-electron chi connectivity index (χ4n) is 2.13. The first-order valence-corrected chi connectivity index (χ1v) is 7.45. The molecular weight excluding hydrogens is 254 g/mol. The van der Waals surface area contributed by atoms with E-state index in [9.17, 15) is 0 Å². The molecule has 5 heteroatoms. The van der Waals surface area contributed by atoms with Crippen molar-refractivity contribution in [1.82, 2.24) is 14.5 Å². The smallest absolute Gasteiger partial charge is 0.160 e. The minimum Gasteiger partial charge on any atom is -0.310 e. The second-order valence-electron chi connectivity index (χ2n) is 4.48. The van der Waals surface area contributed by atoms with Gasteiger partial charge in [-0.3, -0.25) is 0 Å². The van der Waals surface area contributed by atoms with E-state index in [0.29, 0.717) is 10.6 Å². The molecular formula is C12H14ClN3S. The van der Waals surface area contributed by atoms with Crippen LogP contribution in [0.4, 0.5) is 0 Å². The van der Waals surface area contributed by atoms with E-state index >= 15 is 0 Å². The predicted molar refractivity (Wildman–Crippen MR) is 72.6 cm³/mol. The molecule has 17 heavy (non-hydrogen) atoms. The van der Waals surface area contributed by atoms with Gasteiger partial charge in [-0.25, -0.2) is 9.97 Å². The van der Waals surface area contributed by atoms with Gasteiger partial charge in [-0.1, -0.05) is 0 Å². The molecule has 0 aliphatic heterocycles. The summed E-state index contributed by atoms with van der Waals surface area (Å²) >= 11 is 7.92. The van der Waals surface area contributed by atoms with Crippen molar-refractivity contribution in [2.75, 3.05) is 6.26 Å². The quantitative estimate of drug-likeness (QED) is 0.798. The normalized spacial score (nSPS) is 17.5. The molecule has 2 aromatic rings. The van der Waals surface area contributed by atoms with Gasteiger partial charge >= 0.3 is 0 Å². The Morgan fingerprint density at radius 3 is 3.00 bits per heavy atom. The average Bonchev–Trinajstić information content (AvgIpc) is 3.06. The van der Waals surface area contributed by atoms with Crippen molar-refractivity contribution < 1.29 is 0 Å². The fraction of sp³-hybridized carbons (Fsp3) is 0.500. The first-order valence-electron chi connectivity index (χ1n) is 5.69. The minimum absolute atomic E-state index is 0.395. The molecule has 0 radical (unpaired) electrons. The Labute approximate surface area is 110 Å². The molecule has 0 unspecified atom stereocenters. The number of nitrogens with zero attached hydrogens (tertiary/aromatic N) is 3. The summed E-state index contributed by atoms with van der Waals surface area (Å²) in [7, 11) is 0. The van der Waals surface area contributed by atoms with E-state index in [1.807, 2.05) is 30.1 Å². The highest BCUT2D eigenvalue weighted by Gasteiger charge is 2.42. The first kappa shape index (κ1) is 11.4. The van der Waals surface area contributed by atoms with Crippen LogP contribution in [-0.4, -0.2) is 25.5 Å². The molecule has 90 valence electrons. The van der Waals surface area contributed by atoms with Crippen molar-refractivity contribution in [3.05, 3.63) is 24.2 Å². The van der Waals surface area contributed by atoms with Crippen LogP contribution in [0.1, 0.15) is 18.7 Å². The Hall–Kier alpha value is -0.740. The van der Waals surface area contributed by atoms with Gasteiger partial charge in [0.15, 0.2) is 5.65 Å². The summed E-state index contributed by atoms with van der Waals surface area (Å²) in [6, 6.07) is 3.91. The molecule has 1 aliphatic rings. The highest BCUT2D eigenvalue weighted by atomic mass is 35.5. The second kappa shape index (κ2) is 4.18. The number of aromatic nitrogens is 3. The Bertz CT molecular complexity index is 548. The van der Waals surface area contributed by atoms with Crippen LogP contribution in [0.3, 0.4) is 0 Å². The third-order valence-corrected chi connectivity index (χ3v) is 5.03. The van der Waals surface area contributed by atoms with Crippen molar-refractivity contribution in [2.24, 2.45) is 0 Å². The molecule has 0 N–H and O–H groups in total. The monoisotopic (exact) mass is 267 g/mol. The lowest BCUT2D eigenvalue weighted by Gasteiger charge is -2.14. The number of hydrogen-bond acceptors (Lipinski definition) is 3. The van der Waals surface area contributed by atoms with Crippen LogP contribution in [0.5, 0.6) is 0 Å². The van der Waals surface area contributed by atoms with Crippen LogP contribution in [0.2, 0.25) is 0 Å². The van der Waals surface area contributed by atoms with E-state index < -0.39 is 0 Å². The zero-order valence-corrected chi connectivity index (χ0v) is 11.3. The SMILES string of the molecule is CSC1(Cn2c(CCl)nc3cccnc32)CC1. The van der Waals surface area contributed by atoms with Crippen LogP contribution in [0.15, 0.2) is 18.3 Å². The van der Waals surface area contributed by atoms with E-state index in [0.717, 1.165) is 23.5 Å². The van der Waals surface area contributed by atoms with Gasteiger partial charge in [-0.2, -0.15) is 11.8 Å². The molecule has 1 fully saturated rings. The topological polar surface area (TPSA) is 30.7 Å². The van der Waals surface area contributed by atoms with Gasteiger partial charge in [0.25, 0.3) is 0 Å². The lowest BCUT2D eigenvalue weighted by molar-refractivity contribution is 0.650. The largest absolute Gasteiger partial charge is 0.310 e. The maximum Gasteiger partial charge on any atom is 0.160 e. The van der Waals surface area contributed by atoms with Gasteiger partial charge in [0, 0.05) is 17.5 Å². The predicted octanol–water partition coefficient (Wildman–Crippen LogP) is 3.07. The van der Waals surface area contributed by atoms with Crippen molar-refractivity contribution >= 4 is 34.5 Å². The van der Waals surface area contributed by atoms with Crippen LogP contribution in [-0.2, 0) is 12.4 Å². The van der Waals surface area contributed by atoms with E-state index in [-0.39, 0.29) is 0 Å². The lowest BCUT2D eigenvalue weighted by Crippen LogP contribution is -2.15. The summed E-state index contributed by atoms with van der Waals surface area (Å²) in [5, 5.41) is 0. The number of halogens is 1. The molecule has 0 atom stereocenters. The number of pyridine rings is 1. The zero-order chi connectivity index (χ0) is 11.9. The average molecular weight is 268 g/mol. The number of imidazole rings is 1. The molecule has 0 spiro atoms. The summed E-state index contributed by atoms with van der Waals surface area (Å²) in [6.07, 6.45) is 6.56. The van der Waals surface area contributed by atoms with Gasteiger partial charge in [0.1, 0.15) is 11.3 Å². The molecule has 2 aromatic heterocycles. The maximum atomic E-state index is 5.98. The summed E-state index contributed by atoms with van der Waals surface area (Å²) in [4.78, 5) is 8.97. The summed E-state index contributed by atoms with van der Waals surface area (Å²) in [5.41, 5.74) is 1.91. The van der Waals surface area contributed by atoms with Crippen molar-refractivity contribution in [1.29, 1.82) is 0 Å². The van der Waals surface area contributed by atoms with Gasteiger partial charge < -0.3 is 4.57 Å². The van der Waals surface area contributed by atoms with Crippen LogP contribution in [0.25, 0.3) is 11.2 Å². The molecule has 0 aromatic carbocycles. The van der Waals surface area contributed by atoms with Crippen LogP contribution >= 0.6 is 23.4 Å². The Morgan fingerprint density at radius 1 is 1.53 bits per heavy atom. The van der Waals surface area contributed by atoms with Crippen molar-refractivity contribution in [2.45, 2.75) is 30.0 Å². The molecule has 0 bridgehead atoms. The van der Waals surface area contributed by atoms with Crippen molar-refractivity contribution in [3.8, 4) is 0 Å². The van der Waals surface area contributed by atoms with E-state index in [1.54, 1.807) is 0 Å². The first-order chi connectivity index (χ1) is 8.28. The molecule has 3 rings (SSSR count). The number of thioether (sulfide) groups is 1. The number of alkyl halides is 1. The van der Waals surface area contributed by atoms with E-state index in [4.69, 9.17) is 11.6 Å². The maximum absolute atomic E-state index is 5.98.